The highest BCUT2D eigenvalue weighted by Crippen LogP contribution is 2.23. The molecule has 84 valence electrons. The van der Waals surface area contributed by atoms with Gasteiger partial charge in [0.2, 0.25) is 0 Å². The summed E-state index contributed by atoms with van der Waals surface area (Å²) in [7, 11) is 2.01. The number of hydrogen-bond donors (Lipinski definition) is 1. The molecule has 0 bridgehead atoms. The molecule has 1 N–H and O–H groups in total. The third kappa shape index (κ3) is 1.74. The van der Waals surface area contributed by atoms with Gasteiger partial charge in [-0.25, -0.2) is 4.98 Å². The molecule has 0 spiro atoms. The van der Waals surface area contributed by atoms with Gasteiger partial charge in [-0.05, 0) is 25.5 Å². The number of nitriles is 1. The van der Waals surface area contributed by atoms with E-state index >= 15 is 0 Å². The highest BCUT2D eigenvalue weighted by Gasteiger charge is 2.25. The van der Waals surface area contributed by atoms with Gasteiger partial charge in [0.25, 0.3) is 0 Å². The van der Waals surface area contributed by atoms with Crippen molar-refractivity contribution < 1.29 is 0 Å². The standard InChI is InChI=1S/C12H16N4/c1-8-4-9(2)15-12(11(8)5-13)16(3)10-6-14-7-10/h4,10,14H,6-7H2,1-3H3. The zero-order valence-corrected chi connectivity index (χ0v) is 9.91. The fraction of sp³-hybridized carbons (Fsp3) is 0.500. The average molecular weight is 216 g/mol. The molecule has 2 rings (SSSR count). The summed E-state index contributed by atoms with van der Waals surface area (Å²) in [6.07, 6.45) is 0. The molecular formula is C12H16N4. The van der Waals surface area contributed by atoms with Crippen molar-refractivity contribution in [2.24, 2.45) is 0 Å². The van der Waals surface area contributed by atoms with Gasteiger partial charge in [0, 0.05) is 25.8 Å². The van der Waals surface area contributed by atoms with Crippen molar-refractivity contribution in [2.45, 2.75) is 19.9 Å². The lowest BCUT2D eigenvalue weighted by Gasteiger charge is -2.37. The lowest BCUT2D eigenvalue weighted by atomic mass is 10.1. The molecule has 0 atom stereocenters. The number of aryl methyl sites for hydroxylation is 2. The number of aromatic nitrogens is 1. The van der Waals surface area contributed by atoms with Gasteiger partial charge in [0.05, 0.1) is 11.6 Å². The summed E-state index contributed by atoms with van der Waals surface area (Å²) in [5.74, 6) is 0.812. The summed E-state index contributed by atoms with van der Waals surface area (Å²) in [5.41, 5.74) is 2.66. The molecule has 0 amide bonds. The molecule has 1 aromatic heterocycles. The Morgan fingerprint density at radius 3 is 2.69 bits per heavy atom. The molecular weight excluding hydrogens is 200 g/mol. The Hall–Kier alpha value is -1.60. The minimum atomic E-state index is 0.459. The maximum absolute atomic E-state index is 9.18. The number of likely N-dealkylation sites (N-methyl/N-ethyl adjacent to an activating group) is 1. The van der Waals surface area contributed by atoms with Crippen molar-refractivity contribution >= 4 is 5.82 Å². The Morgan fingerprint density at radius 1 is 1.50 bits per heavy atom. The Morgan fingerprint density at radius 2 is 2.19 bits per heavy atom. The predicted octanol–water partition coefficient (Wildman–Crippen LogP) is 0.978. The Bertz CT molecular complexity index is 443. The van der Waals surface area contributed by atoms with Crippen LogP contribution in [0, 0.1) is 25.2 Å². The molecule has 1 aliphatic heterocycles. The van der Waals surface area contributed by atoms with E-state index in [0.29, 0.717) is 11.6 Å². The number of anilines is 1. The molecule has 16 heavy (non-hydrogen) atoms. The van der Waals surface area contributed by atoms with Crippen molar-refractivity contribution in [3.63, 3.8) is 0 Å². The maximum atomic E-state index is 9.18. The Balaban J connectivity index is 2.42. The average Bonchev–Trinajstić information content (AvgIpc) is 2.13. The molecule has 1 aliphatic rings. The lowest BCUT2D eigenvalue weighted by Crippen LogP contribution is -2.56. The topological polar surface area (TPSA) is 52.0 Å². The van der Waals surface area contributed by atoms with E-state index in [1.165, 1.54) is 0 Å². The smallest absolute Gasteiger partial charge is 0.147 e. The van der Waals surface area contributed by atoms with E-state index in [0.717, 1.165) is 30.2 Å². The van der Waals surface area contributed by atoms with Crippen molar-refractivity contribution in [2.75, 3.05) is 25.0 Å². The van der Waals surface area contributed by atoms with E-state index in [9.17, 15) is 5.26 Å². The van der Waals surface area contributed by atoms with E-state index in [1.807, 2.05) is 27.0 Å². The van der Waals surface area contributed by atoms with Gasteiger partial charge in [-0.1, -0.05) is 0 Å². The van der Waals surface area contributed by atoms with Crippen molar-refractivity contribution in [3.05, 3.63) is 22.9 Å². The number of nitrogens with zero attached hydrogens (tertiary/aromatic N) is 3. The van der Waals surface area contributed by atoms with Crippen LogP contribution in [0.4, 0.5) is 5.82 Å². The normalized spacial score (nSPS) is 15.4. The second-order valence-electron chi connectivity index (χ2n) is 4.31. The van der Waals surface area contributed by atoms with E-state index in [2.05, 4.69) is 21.3 Å². The second-order valence-corrected chi connectivity index (χ2v) is 4.31. The van der Waals surface area contributed by atoms with E-state index in [4.69, 9.17) is 0 Å². The second kappa shape index (κ2) is 4.11. The van der Waals surface area contributed by atoms with Crippen molar-refractivity contribution in [1.82, 2.24) is 10.3 Å². The summed E-state index contributed by atoms with van der Waals surface area (Å²) < 4.78 is 0. The first-order chi connectivity index (χ1) is 7.63. The van der Waals surface area contributed by atoms with Crippen LogP contribution in [0.3, 0.4) is 0 Å². The molecule has 1 saturated heterocycles. The van der Waals surface area contributed by atoms with Gasteiger partial charge < -0.3 is 10.2 Å². The number of rotatable bonds is 2. The first-order valence-corrected chi connectivity index (χ1v) is 5.45. The summed E-state index contributed by atoms with van der Waals surface area (Å²) in [6.45, 7) is 5.86. The molecule has 1 fully saturated rings. The van der Waals surface area contributed by atoms with Crippen LogP contribution < -0.4 is 10.2 Å². The van der Waals surface area contributed by atoms with Crippen molar-refractivity contribution in [3.8, 4) is 6.07 Å². The van der Waals surface area contributed by atoms with Crippen molar-refractivity contribution in [1.29, 1.82) is 5.26 Å². The molecule has 0 unspecified atom stereocenters. The SMILES string of the molecule is Cc1cc(C)c(C#N)c(N(C)C2CNC2)n1. The predicted molar refractivity (Wildman–Crippen MR) is 63.5 cm³/mol. The number of pyridine rings is 1. The first-order valence-electron chi connectivity index (χ1n) is 5.45. The van der Waals surface area contributed by atoms with Crippen LogP contribution in [-0.4, -0.2) is 31.2 Å². The minimum absolute atomic E-state index is 0.459. The van der Waals surface area contributed by atoms with E-state index in [-0.39, 0.29) is 0 Å². The molecule has 0 radical (unpaired) electrons. The highest BCUT2D eigenvalue weighted by molar-refractivity contribution is 5.58. The van der Waals surface area contributed by atoms with Crippen LogP contribution in [0.5, 0.6) is 0 Å². The van der Waals surface area contributed by atoms with Gasteiger partial charge in [-0.2, -0.15) is 5.26 Å². The van der Waals surface area contributed by atoms with Crippen LogP contribution in [0.15, 0.2) is 6.07 Å². The highest BCUT2D eigenvalue weighted by atomic mass is 15.3. The molecule has 0 aromatic carbocycles. The van der Waals surface area contributed by atoms with Crippen LogP contribution >= 0.6 is 0 Å². The van der Waals surface area contributed by atoms with E-state index < -0.39 is 0 Å². The summed E-state index contributed by atoms with van der Waals surface area (Å²) in [6, 6.07) is 4.66. The molecule has 4 nitrogen and oxygen atoms in total. The third-order valence-electron chi connectivity index (χ3n) is 3.08. The van der Waals surface area contributed by atoms with Crippen LogP contribution in [-0.2, 0) is 0 Å². The Kier molecular flexibility index (Phi) is 2.80. The van der Waals surface area contributed by atoms with E-state index in [1.54, 1.807) is 0 Å². The summed E-state index contributed by atoms with van der Waals surface area (Å²) in [4.78, 5) is 6.59. The van der Waals surface area contributed by atoms with Crippen LogP contribution in [0.1, 0.15) is 16.8 Å². The zero-order chi connectivity index (χ0) is 11.7. The van der Waals surface area contributed by atoms with Gasteiger partial charge in [-0.15, -0.1) is 0 Å². The van der Waals surface area contributed by atoms with Crippen LogP contribution in [0.25, 0.3) is 0 Å². The Labute approximate surface area is 95.9 Å². The molecule has 0 saturated carbocycles. The molecule has 1 aromatic rings. The quantitative estimate of drug-likeness (QED) is 0.800. The maximum Gasteiger partial charge on any atom is 0.147 e. The lowest BCUT2D eigenvalue weighted by molar-refractivity contribution is 0.426. The van der Waals surface area contributed by atoms with Gasteiger partial charge in [0.1, 0.15) is 11.9 Å². The molecule has 2 heterocycles. The fourth-order valence-electron chi connectivity index (χ4n) is 1.93. The van der Waals surface area contributed by atoms with Crippen LogP contribution in [0.2, 0.25) is 0 Å². The monoisotopic (exact) mass is 216 g/mol. The third-order valence-corrected chi connectivity index (χ3v) is 3.08. The molecule has 0 aliphatic carbocycles. The largest absolute Gasteiger partial charge is 0.353 e. The van der Waals surface area contributed by atoms with Gasteiger partial charge in [0.15, 0.2) is 0 Å². The fourth-order valence-corrected chi connectivity index (χ4v) is 1.93. The number of nitrogens with one attached hydrogen (secondary N) is 1. The van der Waals surface area contributed by atoms with Gasteiger partial charge >= 0.3 is 0 Å². The van der Waals surface area contributed by atoms with Gasteiger partial charge in [-0.3, -0.25) is 0 Å². The summed E-state index contributed by atoms with van der Waals surface area (Å²) in [5, 5.41) is 12.4. The zero-order valence-electron chi connectivity index (χ0n) is 9.91. The minimum Gasteiger partial charge on any atom is -0.353 e. The first kappa shape index (κ1) is 10.9. The number of hydrogen-bond acceptors (Lipinski definition) is 4. The molecule has 4 heteroatoms. The summed E-state index contributed by atoms with van der Waals surface area (Å²) >= 11 is 0.